The zero-order chi connectivity index (χ0) is 42.6. The van der Waals surface area contributed by atoms with Crippen molar-refractivity contribution in [3.8, 4) is 11.4 Å². The minimum absolute atomic E-state index is 0.0184. The Morgan fingerprint density at radius 3 is 2.00 bits per heavy atom. The number of hydrogen-bond donors (Lipinski definition) is 7. The lowest BCUT2D eigenvalue weighted by molar-refractivity contribution is -0.142. The molecule has 0 saturated heterocycles. The second-order valence-corrected chi connectivity index (χ2v) is 15.0. The number of imidazole rings is 1. The van der Waals surface area contributed by atoms with Crippen molar-refractivity contribution < 1.29 is 34.2 Å². The van der Waals surface area contributed by atoms with Crippen LogP contribution in [0.4, 0.5) is 0 Å². The Morgan fingerprint density at radius 2 is 1.32 bits per heavy atom. The van der Waals surface area contributed by atoms with E-state index in [-0.39, 0.29) is 37.3 Å². The number of phenolic OH excluding ortho intramolecular Hbond substituents is 1. The van der Waals surface area contributed by atoms with Gasteiger partial charge in [0, 0.05) is 44.1 Å². The number of aromatic hydroxyl groups is 1. The molecule has 14 nitrogen and oxygen atoms in total. The second-order valence-electron chi connectivity index (χ2n) is 15.0. The van der Waals surface area contributed by atoms with E-state index in [4.69, 9.17) is 5.73 Å². The van der Waals surface area contributed by atoms with E-state index < -0.39 is 47.9 Å². The number of rotatable bonds is 25. The molecule has 3 aromatic carbocycles. The van der Waals surface area contributed by atoms with E-state index in [0.29, 0.717) is 37.1 Å². The fraction of sp³-hybridized carbons (Fsp3) is 0.422. The van der Waals surface area contributed by atoms with Gasteiger partial charge in [0.1, 0.15) is 23.9 Å². The molecule has 0 aliphatic rings. The third kappa shape index (κ3) is 16.0. The number of carboxylic acids is 1. The van der Waals surface area contributed by atoms with Gasteiger partial charge in [0.25, 0.3) is 0 Å². The molecule has 1 heterocycles. The molecule has 0 aliphatic carbocycles. The average molecular weight is 810 g/mol. The van der Waals surface area contributed by atoms with Crippen LogP contribution in [0.2, 0.25) is 0 Å². The van der Waals surface area contributed by atoms with Crippen LogP contribution in [0.25, 0.3) is 5.69 Å². The summed E-state index contributed by atoms with van der Waals surface area (Å²) >= 11 is 0. The summed E-state index contributed by atoms with van der Waals surface area (Å²) in [7, 11) is 0. The first-order chi connectivity index (χ1) is 28.4. The molecule has 8 N–H and O–H groups in total. The largest absolute Gasteiger partial charge is 0.508 e. The number of aryl methyl sites for hydroxylation is 1. The lowest BCUT2D eigenvalue weighted by atomic mass is 10.0. The molecule has 0 unspecified atom stereocenters. The van der Waals surface area contributed by atoms with Crippen molar-refractivity contribution >= 4 is 29.6 Å². The van der Waals surface area contributed by atoms with E-state index in [2.05, 4.69) is 33.2 Å². The fourth-order valence-electron chi connectivity index (χ4n) is 6.54. The summed E-state index contributed by atoms with van der Waals surface area (Å²) in [5.41, 5.74) is 10.1. The number of aromatic nitrogens is 2. The molecular formula is C45H59N7O7. The average Bonchev–Trinajstić information content (AvgIpc) is 3.69. The molecule has 4 atom stereocenters. The van der Waals surface area contributed by atoms with Gasteiger partial charge in [-0.05, 0) is 68.0 Å². The van der Waals surface area contributed by atoms with E-state index in [9.17, 15) is 34.2 Å². The predicted octanol–water partition coefficient (Wildman–Crippen LogP) is 4.43. The Kier molecular flexibility index (Phi) is 18.6. The number of nitrogens with zero attached hydrogens (tertiary/aromatic N) is 2. The van der Waals surface area contributed by atoms with Crippen LogP contribution in [0.3, 0.4) is 0 Å². The molecule has 1 aromatic heterocycles. The summed E-state index contributed by atoms with van der Waals surface area (Å²) in [5.74, 6) is -3.24. The molecule has 0 bridgehead atoms. The number of carboxylic acid groups (broad SMARTS) is 1. The highest BCUT2D eigenvalue weighted by Gasteiger charge is 2.31. The summed E-state index contributed by atoms with van der Waals surface area (Å²) in [6, 6.07) is 18.2. The highest BCUT2D eigenvalue weighted by atomic mass is 16.4. The maximum atomic E-state index is 14.1. The number of carbonyl (C=O) groups is 5. The standard InChI is InChI=1S/C45H59N7O7/c1-3-4-5-6-10-16-41(54)47-25-12-11-15-38(49-42(55)37(46)28-34-29-52(30-48-34)35-13-8-7-9-14-35)43(56)50-39(26-32-19-17-31(2)18-20-32)44(57)51-40(45(58)59)27-33-21-23-36(53)24-22-33/h7-9,13-14,17-24,29-30,37-40,53H,3-6,10-12,15-16,25-28,46H2,1-2H3,(H,47,54)(H,49,55)(H,50,56)(H,51,57)(H,58,59)/t37-,38-,39+,40-/m0/s1. The number of nitrogens with one attached hydrogen (secondary N) is 4. The monoisotopic (exact) mass is 809 g/mol. The van der Waals surface area contributed by atoms with Gasteiger partial charge >= 0.3 is 5.97 Å². The molecule has 0 saturated carbocycles. The number of hydrogen-bond acceptors (Lipinski definition) is 8. The first-order valence-corrected chi connectivity index (χ1v) is 20.5. The van der Waals surface area contributed by atoms with Gasteiger partial charge in [-0.2, -0.15) is 0 Å². The first-order valence-electron chi connectivity index (χ1n) is 20.5. The van der Waals surface area contributed by atoms with Gasteiger partial charge in [-0.1, -0.05) is 92.8 Å². The Bertz CT molecular complexity index is 1930. The van der Waals surface area contributed by atoms with Crippen molar-refractivity contribution in [2.24, 2.45) is 5.73 Å². The van der Waals surface area contributed by atoms with Gasteiger partial charge in [0.15, 0.2) is 0 Å². The van der Waals surface area contributed by atoms with Crippen LogP contribution in [-0.4, -0.2) is 80.1 Å². The van der Waals surface area contributed by atoms with Gasteiger partial charge < -0.3 is 41.8 Å². The lowest BCUT2D eigenvalue weighted by Gasteiger charge is -2.25. The third-order valence-electron chi connectivity index (χ3n) is 10.0. The summed E-state index contributed by atoms with van der Waals surface area (Å²) in [5, 5.41) is 30.8. The number of para-hydroxylation sites is 1. The molecule has 4 amide bonds. The Morgan fingerprint density at radius 1 is 0.712 bits per heavy atom. The van der Waals surface area contributed by atoms with E-state index in [1.165, 1.54) is 12.1 Å². The van der Waals surface area contributed by atoms with E-state index in [0.717, 1.165) is 48.9 Å². The van der Waals surface area contributed by atoms with E-state index >= 15 is 0 Å². The molecule has 14 heteroatoms. The van der Waals surface area contributed by atoms with Crippen molar-refractivity contribution in [2.45, 2.75) is 115 Å². The van der Waals surface area contributed by atoms with E-state index in [1.54, 1.807) is 24.7 Å². The third-order valence-corrected chi connectivity index (χ3v) is 10.0. The van der Waals surface area contributed by atoms with Crippen molar-refractivity contribution in [1.82, 2.24) is 30.8 Å². The number of amides is 4. The molecule has 316 valence electrons. The van der Waals surface area contributed by atoms with Crippen molar-refractivity contribution in [3.63, 3.8) is 0 Å². The number of unbranched alkanes of at least 4 members (excludes halogenated alkanes) is 5. The molecular weight excluding hydrogens is 751 g/mol. The molecule has 4 rings (SSSR count). The lowest BCUT2D eigenvalue weighted by Crippen LogP contribution is -2.58. The minimum Gasteiger partial charge on any atom is -0.508 e. The maximum absolute atomic E-state index is 14.1. The zero-order valence-electron chi connectivity index (χ0n) is 34.1. The molecule has 0 aliphatic heterocycles. The van der Waals surface area contributed by atoms with Crippen LogP contribution in [-0.2, 0) is 43.2 Å². The summed E-state index contributed by atoms with van der Waals surface area (Å²) < 4.78 is 1.82. The van der Waals surface area contributed by atoms with Crippen LogP contribution >= 0.6 is 0 Å². The molecule has 0 spiro atoms. The Hall–Kier alpha value is -6.02. The minimum atomic E-state index is -1.34. The Labute approximate surface area is 346 Å². The van der Waals surface area contributed by atoms with Crippen LogP contribution in [0.1, 0.15) is 87.1 Å². The Balaban J connectivity index is 1.47. The smallest absolute Gasteiger partial charge is 0.326 e. The zero-order valence-corrected chi connectivity index (χ0v) is 34.1. The number of aliphatic carboxylic acids is 1. The topological polar surface area (TPSA) is 218 Å². The van der Waals surface area contributed by atoms with Crippen LogP contribution in [0.5, 0.6) is 5.75 Å². The number of carbonyl (C=O) groups excluding carboxylic acids is 4. The predicted molar refractivity (Wildman–Crippen MR) is 226 cm³/mol. The van der Waals surface area contributed by atoms with Crippen LogP contribution in [0.15, 0.2) is 91.4 Å². The van der Waals surface area contributed by atoms with Gasteiger partial charge in [0.2, 0.25) is 23.6 Å². The molecule has 4 aromatic rings. The summed E-state index contributed by atoms with van der Waals surface area (Å²) in [4.78, 5) is 70.7. The number of phenols is 1. The second kappa shape index (κ2) is 24.0. The molecule has 0 radical (unpaired) electrons. The number of nitrogens with two attached hydrogens (primary N) is 1. The fourth-order valence-corrected chi connectivity index (χ4v) is 6.54. The van der Waals surface area contributed by atoms with Crippen LogP contribution < -0.4 is 27.0 Å². The van der Waals surface area contributed by atoms with E-state index in [1.807, 2.05) is 66.1 Å². The van der Waals surface area contributed by atoms with Crippen molar-refractivity contribution in [2.75, 3.05) is 6.54 Å². The normalized spacial score (nSPS) is 13.1. The highest BCUT2D eigenvalue weighted by Crippen LogP contribution is 2.14. The maximum Gasteiger partial charge on any atom is 0.326 e. The SMILES string of the molecule is CCCCCCCC(=O)NCCCC[C@H](NC(=O)[C@@H](N)Cc1cn(-c2ccccc2)cn1)C(=O)N[C@H](Cc1ccc(C)cc1)C(=O)N[C@@H](Cc1ccc(O)cc1)C(=O)O. The highest BCUT2D eigenvalue weighted by molar-refractivity contribution is 5.94. The van der Waals surface area contributed by atoms with Gasteiger partial charge in [-0.25, -0.2) is 9.78 Å². The first kappa shape index (κ1) is 45.7. The van der Waals surface area contributed by atoms with Crippen molar-refractivity contribution in [1.29, 1.82) is 0 Å². The summed E-state index contributed by atoms with van der Waals surface area (Å²) in [6.07, 6.45) is 10.3. The van der Waals surface area contributed by atoms with Crippen LogP contribution in [0, 0.1) is 6.92 Å². The van der Waals surface area contributed by atoms with Gasteiger partial charge in [-0.15, -0.1) is 0 Å². The molecule has 59 heavy (non-hydrogen) atoms. The van der Waals surface area contributed by atoms with Gasteiger partial charge in [-0.3, -0.25) is 19.2 Å². The van der Waals surface area contributed by atoms with Gasteiger partial charge in [0.05, 0.1) is 18.1 Å². The number of benzene rings is 3. The molecule has 0 fully saturated rings. The van der Waals surface area contributed by atoms with Crippen molar-refractivity contribution in [3.05, 3.63) is 114 Å². The summed E-state index contributed by atoms with van der Waals surface area (Å²) in [6.45, 7) is 4.46. The quantitative estimate of drug-likeness (QED) is 0.0471.